The number of hydrogen-bond acceptors (Lipinski definition) is 2. The molecule has 0 saturated heterocycles. The van der Waals surface area contributed by atoms with E-state index in [1.165, 1.54) is 24.3 Å². The quantitative estimate of drug-likeness (QED) is 0.736. The summed E-state index contributed by atoms with van der Waals surface area (Å²) in [6.45, 7) is 0. The first-order chi connectivity index (χ1) is 10.1. The molecule has 0 radical (unpaired) electrons. The summed E-state index contributed by atoms with van der Waals surface area (Å²) in [4.78, 5) is 0. The van der Waals surface area contributed by atoms with E-state index in [1.807, 2.05) is 0 Å². The van der Waals surface area contributed by atoms with Gasteiger partial charge in [0.2, 0.25) is 0 Å². The van der Waals surface area contributed by atoms with E-state index in [-0.39, 0.29) is 11.6 Å². The smallest absolute Gasteiger partial charge is 0.148 e. The van der Waals surface area contributed by atoms with Crippen LogP contribution in [0.15, 0.2) is 46.9 Å². The van der Waals surface area contributed by atoms with Gasteiger partial charge < -0.3 is 9.52 Å². The molecule has 4 rings (SSSR count). The molecule has 106 valence electrons. The fraction of sp³-hybridized carbons (Fsp3) is 0.176. The Morgan fingerprint density at radius 3 is 2.81 bits per heavy atom. The SMILES string of the molecule is OC1(c2cc3cc(F)ccc3o2)CCc2c(F)cccc21. The zero-order valence-electron chi connectivity index (χ0n) is 11.1. The Bertz CT molecular complexity index is 853. The minimum Gasteiger partial charge on any atom is -0.458 e. The standard InChI is InChI=1S/C17H12F2O2/c18-11-4-5-15-10(8-11)9-16(21-15)17(20)7-6-12-13(17)2-1-3-14(12)19/h1-5,8-9,20H,6-7H2. The van der Waals surface area contributed by atoms with Crippen molar-refractivity contribution >= 4 is 11.0 Å². The number of aliphatic hydroxyl groups is 1. The van der Waals surface area contributed by atoms with Gasteiger partial charge in [0.05, 0.1) is 0 Å². The number of furan rings is 1. The van der Waals surface area contributed by atoms with Crippen molar-refractivity contribution in [3.05, 3.63) is 71.0 Å². The molecule has 1 heterocycles. The van der Waals surface area contributed by atoms with Crippen molar-refractivity contribution in [2.45, 2.75) is 18.4 Å². The second-order valence-corrected chi connectivity index (χ2v) is 5.42. The van der Waals surface area contributed by atoms with E-state index in [1.54, 1.807) is 18.2 Å². The summed E-state index contributed by atoms with van der Waals surface area (Å²) in [6, 6.07) is 10.5. The number of fused-ring (bicyclic) bond motifs is 2. The lowest BCUT2D eigenvalue weighted by Gasteiger charge is -2.21. The fourth-order valence-electron chi connectivity index (χ4n) is 3.11. The van der Waals surface area contributed by atoms with Crippen LogP contribution >= 0.6 is 0 Å². The van der Waals surface area contributed by atoms with Gasteiger partial charge in [-0.25, -0.2) is 8.78 Å². The minimum absolute atomic E-state index is 0.314. The van der Waals surface area contributed by atoms with Gasteiger partial charge in [0.1, 0.15) is 28.6 Å². The highest BCUT2D eigenvalue weighted by Crippen LogP contribution is 2.44. The zero-order valence-corrected chi connectivity index (χ0v) is 11.1. The molecule has 1 aromatic heterocycles. The molecule has 4 heteroatoms. The predicted octanol–water partition coefficient (Wildman–Crippen LogP) is 3.89. The van der Waals surface area contributed by atoms with Gasteiger partial charge in [-0.1, -0.05) is 12.1 Å². The molecular formula is C17H12F2O2. The molecule has 0 aliphatic heterocycles. The van der Waals surface area contributed by atoms with Crippen LogP contribution in [0, 0.1) is 11.6 Å². The van der Waals surface area contributed by atoms with Crippen LogP contribution < -0.4 is 0 Å². The Morgan fingerprint density at radius 1 is 1.10 bits per heavy atom. The lowest BCUT2D eigenvalue weighted by atomic mass is 9.93. The van der Waals surface area contributed by atoms with Crippen LogP contribution in [0.1, 0.15) is 23.3 Å². The molecule has 2 nitrogen and oxygen atoms in total. The molecule has 0 saturated carbocycles. The molecule has 1 N–H and O–H groups in total. The average Bonchev–Trinajstić information content (AvgIpc) is 3.02. The van der Waals surface area contributed by atoms with Crippen molar-refractivity contribution in [1.82, 2.24) is 0 Å². The maximum atomic E-state index is 13.8. The molecule has 0 bridgehead atoms. The molecule has 0 amide bonds. The van der Waals surface area contributed by atoms with Gasteiger partial charge in [0, 0.05) is 5.39 Å². The molecule has 1 aliphatic rings. The fourth-order valence-corrected chi connectivity index (χ4v) is 3.11. The second kappa shape index (κ2) is 4.15. The molecule has 1 atom stereocenters. The largest absolute Gasteiger partial charge is 0.458 e. The molecule has 3 aromatic rings. The number of rotatable bonds is 1. The summed E-state index contributed by atoms with van der Waals surface area (Å²) in [6.07, 6.45) is 0.801. The zero-order chi connectivity index (χ0) is 14.6. The first kappa shape index (κ1) is 12.5. The Balaban J connectivity index is 1.91. The third-order valence-corrected chi connectivity index (χ3v) is 4.19. The topological polar surface area (TPSA) is 33.4 Å². The van der Waals surface area contributed by atoms with Gasteiger partial charge in [0.25, 0.3) is 0 Å². The summed E-state index contributed by atoms with van der Waals surface area (Å²) in [7, 11) is 0. The van der Waals surface area contributed by atoms with Gasteiger partial charge in [-0.3, -0.25) is 0 Å². The Kier molecular flexibility index (Phi) is 2.48. The average molecular weight is 286 g/mol. The number of halogens is 2. The van der Waals surface area contributed by atoms with Gasteiger partial charge in [-0.2, -0.15) is 0 Å². The van der Waals surface area contributed by atoms with Crippen LogP contribution in [0.4, 0.5) is 8.78 Å². The minimum atomic E-state index is -1.35. The van der Waals surface area contributed by atoms with Crippen molar-refractivity contribution in [2.75, 3.05) is 0 Å². The Labute approximate surface area is 119 Å². The van der Waals surface area contributed by atoms with E-state index in [2.05, 4.69) is 0 Å². The van der Waals surface area contributed by atoms with Crippen LogP contribution in [-0.4, -0.2) is 5.11 Å². The van der Waals surface area contributed by atoms with Crippen molar-refractivity contribution < 1.29 is 18.3 Å². The Morgan fingerprint density at radius 2 is 1.95 bits per heavy atom. The lowest BCUT2D eigenvalue weighted by Crippen LogP contribution is -2.23. The first-order valence-corrected chi connectivity index (χ1v) is 6.78. The first-order valence-electron chi connectivity index (χ1n) is 6.78. The van der Waals surface area contributed by atoms with Crippen molar-refractivity contribution in [3.63, 3.8) is 0 Å². The molecule has 2 aromatic carbocycles. The van der Waals surface area contributed by atoms with E-state index in [0.717, 1.165) is 0 Å². The van der Waals surface area contributed by atoms with Crippen molar-refractivity contribution in [3.8, 4) is 0 Å². The van der Waals surface area contributed by atoms with E-state index in [9.17, 15) is 13.9 Å². The third-order valence-electron chi connectivity index (χ3n) is 4.19. The van der Waals surface area contributed by atoms with Crippen LogP contribution in [0.2, 0.25) is 0 Å². The maximum Gasteiger partial charge on any atom is 0.148 e. The monoisotopic (exact) mass is 286 g/mol. The summed E-state index contributed by atoms with van der Waals surface area (Å²) >= 11 is 0. The molecular weight excluding hydrogens is 274 g/mol. The predicted molar refractivity (Wildman–Crippen MR) is 73.9 cm³/mol. The van der Waals surface area contributed by atoms with Crippen LogP contribution in [0.3, 0.4) is 0 Å². The van der Waals surface area contributed by atoms with Crippen LogP contribution in [-0.2, 0) is 12.0 Å². The van der Waals surface area contributed by atoms with Crippen LogP contribution in [0.5, 0.6) is 0 Å². The number of hydrogen-bond donors (Lipinski definition) is 1. The second-order valence-electron chi connectivity index (χ2n) is 5.42. The van der Waals surface area contributed by atoms with Gasteiger partial charge in [-0.15, -0.1) is 0 Å². The Hall–Kier alpha value is -2.20. The van der Waals surface area contributed by atoms with E-state index in [4.69, 9.17) is 4.42 Å². The molecule has 1 aliphatic carbocycles. The highest BCUT2D eigenvalue weighted by molar-refractivity contribution is 5.78. The molecule has 21 heavy (non-hydrogen) atoms. The van der Waals surface area contributed by atoms with Crippen molar-refractivity contribution in [2.24, 2.45) is 0 Å². The van der Waals surface area contributed by atoms with Crippen molar-refractivity contribution in [1.29, 1.82) is 0 Å². The highest BCUT2D eigenvalue weighted by atomic mass is 19.1. The van der Waals surface area contributed by atoms with Crippen LogP contribution in [0.25, 0.3) is 11.0 Å². The van der Waals surface area contributed by atoms with E-state index < -0.39 is 5.60 Å². The van der Waals surface area contributed by atoms with Gasteiger partial charge in [0.15, 0.2) is 0 Å². The third kappa shape index (κ3) is 1.72. The highest BCUT2D eigenvalue weighted by Gasteiger charge is 2.42. The normalized spacial score (nSPS) is 20.9. The van der Waals surface area contributed by atoms with Gasteiger partial charge >= 0.3 is 0 Å². The molecule has 0 fully saturated rings. The summed E-state index contributed by atoms with van der Waals surface area (Å²) < 4.78 is 32.7. The molecule has 1 unspecified atom stereocenters. The van der Waals surface area contributed by atoms with Gasteiger partial charge in [-0.05, 0) is 54.3 Å². The summed E-state index contributed by atoms with van der Waals surface area (Å²) in [5.41, 5.74) is 0.200. The summed E-state index contributed by atoms with van der Waals surface area (Å²) in [5, 5.41) is 11.5. The maximum absolute atomic E-state index is 13.8. The lowest BCUT2D eigenvalue weighted by molar-refractivity contribution is 0.0605. The van der Waals surface area contributed by atoms with E-state index in [0.29, 0.717) is 40.7 Å². The molecule has 0 spiro atoms. The number of benzene rings is 2. The van der Waals surface area contributed by atoms with E-state index >= 15 is 0 Å². The summed E-state index contributed by atoms with van der Waals surface area (Å²) in [5.74, 6) is -0.349.